The van der Waals surface area contributed by atoms with E-state index in [0.29, 0.717) is 12.8 Å². The van der Waals surface area contributed by atoms with Crippen molar-refractivity contribution in [2.45, 2.75) is 50.7 Å². The molecule has 0 aliphatic heterocycles. The van der Waals surface area contributed by atoms with Crippen LogP contribution in [0.25, 0.3) is 10.9 Å². The lowest BCUT2D eigenvalue weighted by molar-refractivity contribution is -0.153. The third-order valence-electron chi connectivity index (χ3n) is 6.92. The maximum absolute atomic E-state index is 14.1. The van der Waals surface area contributed by atoms with Crippen LogP contribution in [0.3, 0.4) is 0 Å². The molecule has 1 unspecified atom stereocenters. The summed E-state index contributed by atoms with van der Waals surface area (Å²) >= 11 is 0. The molecule has 9 nitrogen and oxygen atoms in total. The SMILES string of the molecule is CN(C(=O)[C@@H](Cc1c[nH]c2ccccc12)NC(=O)/C=C/CC(C)(C)N)C(Cc1ccccc1)C(=O)N(C)N(C)C. The number of nitrogens with one attached hydrogen (secondary N) is 2. The summed E-state index contributed by atoms with van der Waals surface area (Å²) in [5.74, 6) is -0.980. The molecule has 3 aromatic rings. The standard InChI is InChI=1S/C31H42N6O3/c1-31(2,32)18-12-17-28(38)34-26(20-23-21-33-25-16-11-10-15-24(23)25)29(39)36(5)27(30(40)37(6)35(3)4)19-22-13-8-7-9-14-22/h7-17,21,26-27,33H,18-20,32H2,1-6H3,(H,34,38)/b17-12+/t26-,27?/m1/s1. The number of likely N-dealkylation sites (N-methyl/N-ethyl adjacent to an activating group) is 2. The van der Waals surface area contributed by atoms with Crippen LogP contribution in [0.4, 0.5) is 0 Å². The Bertz CT molecular complexity index is 1330. The van der Waals surface area contributed by atoms with E-state index in [0.717, 1.165) is 22.0 Å². The molecule has 0 aliphatic rings. The van der Waals surface area contributed by atoms with E-state index >= 15 is 0 Å². The molecule has 4 N–H and O–H groups in total. The summed E-state index contributed by atoms with van der Waals surface area (Å²) in [6.45, 7) is 3.75. The average molecular weight is 547 g/mol. The smallest absolute Gasteiger partial charge is 0.259 e. The molecular formula is C31H42N6O3. The number of hydrogen-bond acceptors (Lipinski definition) is 5. The number of nitrogens with two attached hydrogens (primary N) is 1. The molecule has 0 fully saturated rings. The zero-order chi connectivity index (χ0) is 29.4. The minimum atomic E-state index is -0.900. The van der Waals surface area contributed by atoms with Gasteiger partial charge in [-0.1, -0.05) is 54.6 Å². The third-order valence-corrected chi connectivity index (χ3v) is 6.92. The van der Waals surface area contributed by atoms with E-state index in [1.807, 2.05) is 74.6 Å². The molecular weight excluding hydrogens is 504 g/mol. The first-order valence-electron chi connectivity index (χ1n) is 13.4. The highest BCUT2D eigenvalue weighted by Gasteiger charge is 2.34. The van der Waals surface area contributed by atoms with Gasteiger partial charge in [0.05, 0.1) is 0 Å². The number of rotatable bonds is 12. The number of nitrogens with zero attached hydrogens (tertiary/aromatic N) is 3. The van der Waals surface area contributed by atoms with Gasteiger partial charge in [-0.15, -0.1) is 0 Å². The van der Waals surface area contributed by atoms with E-state index in [9.17, 15) is 14.4 Å². The summed E-state index contributed by atoms with van der Waals surface area (Å²) < 4.78 is 0. The summed E-state index contributed by atoms with van der Waals surface area (Å²) in [5.41, 5.74) is 8.34. The average Bonchev–Trinajstić information content (AvgIpc) is 3.32. The van der Waals surface area contributed by atoms with Gasteiger partial charge in [-0.25, -0.2) is 5.01 Å². The van der Waals surface area contributed by atoms with Crippen molar-refractivity contribution in [3.63, 3.8) is 0 Å². The fraction of sp³-hybridized carbons (Fsp3) is 0.387. The molecule has 0 saturated carbocycles. The number of benzene rings is 2. The lowest BCUT2D eigenvalue weighted by atomic mass is 10.00. The van der Waals surface area contributed by atoms with Gasteiger partial charge in [0.15, 0.2) is 0 Å². The van der Waals surface area contributed by atoms with Crippen molar-refractivity contribution in [3.05, 3.63) is 84.1 Å². The number of fused-ring (bicyclic) bond motifs is 1. The number of aromatic amines is 1. The summed E-state index contributed by atoms with van der Waals surface area (Å²) in [7, 11) is 6.84. The molecule has 1 aromatic heterocycles. The highest BCUT2D eigenvalue weighted by atomic mass is 16.2. The van der Waals surface area contributed by atoms with Crippen LogP contribution in [-0.4, -0.2) is 83.4 Å². The second kappa shape index (κ2) is 13.4. The van der Waals surface area contributed by atoms with Crippen LogP contribution in [0, 0.1) is 0 Å². The molecule has 0 aliphatic carbocycles. The minimum Gasteiger partial charge on any atom is -0.361 e. The molecule has 3 amide bonds. The number of hydrogen-bond donors (Lipinski definition) is 3. The quantitative estimate of drug-likeness (QED) is 0.239. The number of aromatic nitrogens is 1. The number of amides is 3. The number of carbonyl (C=O) groups is 3. The van der Waals surface area contributed by atoms with Crippen molar-refractivity contribution in [2.75, 3.05) is 28.2 Å². The van der Waals surface area contributed by atoms with Crippen LogP contribution in [0.15, 0.2) is 72.9 Å². The highest BCUT2D eigenvalue weighted by molar-refractivity contribution is 5.95. The summed E-state index contributed by atoms with van der Waals surface area (Å²) in [6.07, 6.45) is 6.07. The molecule has 2 atom stereocenters. The fourth-order valence-electron chi connectivity index (χ4n) is 4.45. The number of para-hydroxylation sites is 1. The van der Waals surface area contributed by atoms with Crippen molar-refractivity contribution >= 4 is 28.6 Å². The number of carbonyl (C=O) groups excluding carboxylic acids is 3. The van der Waals surface area contributed by atoms with Gasteiger partial charge in [-0.2, -0.15) is 0 Å². The van der Waals surface area contributed by atoms with Crippen molar-refractivity contribution in [3.8, 4) is 0 Å². The molecule has 1 heterocycles. The predicted octanol–water partition coefficient (Wildman–Crippen LogP) is 2.88. The van der Waals surface area contributed by atoms with Crippen molar-refractivity contribution < 1.29 is 14.4 Å². The predicted molar refractivity (Wildman–Crippen MR) is 159 cm³/mol. The summed E-state index contributed by atoms with van der Waals surface area (Å²) in [5, 5.41) is 7.03. The van der Waals surface area contributed by atoms with Gasteiger partial charge in [0.25, 0.3) is 5.91 Å². The Kier molecular flexibility index (Phi) is 10.3. The minimum absolute atomic E-state index is 0.230. The van der Waals surface area contributed by atoms with E-state index in [-0.39, 0.29) is 18.2 Å². The van der Waals surface area contributed by atoms with Crippen LogP contribution < -0.4 is 11.1 Å². The Balaban J connectivity index is 1.93. The zero-order valence-corrected chi connectivity index (χ0v) is 24.3. The molecule has 40 heavy (non-hydrogen) atoms. The normalized spacial score (nSPS) is 13.4. The summed E-state index contributed by atoms with van der Waals surface area (Å²) in [6, 6.07) is 15.7. The second-order valence-corrected chi connectivity index (χ2v) is 11.1. The molecule has 0 radical (unpaired) electrons. The highest BCUT2D eigenvalue weighted by Crippen LogP contribution is 2.21. The maximum Gasteiger partial charge on any atom is 0.259 e. The van der Waals surface area contributed by atoms with Crippen LogP contribution in [0.5, 0.6) is 0 Å². The van der Waals surface area contributed by atoms with E-state index in [2.05, 4.69) is 10.3 Å². The first-order valence-corrected chi connectivity index (χ1v) is 13.4. The van der Waals surface area contributed by atoms with Crippen LogP contribution in [0.2, 0.25) is 0 Å². The van der Waals surface area contributed by atoms with Gasteiger partial charge in [-0.05, 0) is 43.5 Å². The maximum atomic E-state index is 14.1. The van der Waals surface area contributed by atoms with E-state index < -0.39 is 23.5 Å². The van der Waals surface area contributed by atoms with E-state index in [1.165, 1.54) is 16.0 Å². The topological polar surface area (TPSA) is 115 Å². The third kappa shape index (κ3) is 8.27. The van der Waals surface area contributed by atoms with Gasteiger partial charge in [-0.3, -0.25) is 19.4 Å². The van der Waals surface area contributed by atoms with Crippen molar-refractivity contribution in [1.82, 2.24) is 25.2 Å². The lowest BCUT2D eigenvalue weighted by Crippen LogP contribution is -2.57. The van der Waals surface area contributed by atoms with Gasteiger partial charge in [0.1, 0.15) is 12.1 Å². The first-order chi connectivity index (χ1) is 18.9. The Morgan fingerprint density at radius 3 is 2.25 bits per heavy atom. The van der Waals surface area contributed by atoms with Gasteiger partial charge in [0, 0.05) is 63.7 Å². The van der Waals surface area contributed by atoms with Gasteiger partial charge in [0.2, 0.25) is 11.8 Å². The molecule has 0 saturated heterocycles. The molecule has 2 aromatic carbocycles. The number of H-pyrrole nitrogens is 1. The van der Waals surface area contributed by atoms with Crippen LogP contribution in [0.1, 0.15) is 31.4 Å². The van der Waals surface area contributed by atoms with Gasteiger partial charge >= 0.3 is 0 Å². The second-order valence-electron chi connectivity index (χ2n) is 11.1. The molecule has 3 rings (SSSR count). The van der Waals surface area contributed by atoms with Gasteiger partial charge < -0.3 is 20.9 Å². The fourth-order valence-corrected chi connectivity index (χ4v) is 4.45. The monoisotopic (exact) mass is 546 g/mol. The Morgan fingerprint density at radius 1 is 0.950 bits per heavy atom. The molecule has 0 spiro atoms. The first kappa shape index (κ1) is 30.6. The Morgan fingerprint density at radius 2 is 1.60 bits per heavy atom. The van der Waals surface area contributed by atoms with Crippen molar-refractivity contribution in [2.24, 2.45) is 5.73 Å². The molecule has 214 valence electrons. The van der Waals surface area contributed by atoms with Crippen molar-refractivity contribution in [1.29, 1.82) is 0 Å². The van der Waals surface area contributed by atoms with Crippen LogP contribution >= 0.6 is 0 Å². The molecule has 0 bridgehead atoms. The Hall–Kier alpha value is -3.95. The zero-order valence-electron chi connectivity index (χ0n) is 24.3. The largest absolute Gasteiger partial charge is 0.361 e. The van der Waals surface area contributed by atoms with E-state index in [1.54, 1.807) is 39.3 Å². The van der Waals surface area contributed by atoms with Crippen LogP contribution in [-0.2, 0) is 27.2 Å². The lowest BCUT2D eigenvalue weighted by Gasteiger charge is -2.35. The van der Waals surface area contributed by atoms with E-state index in [4.69, 9.17) is 5.73 Å². The summed E-state index contributed by atoms with van der Waals surface area (Å²) in [4.78, 5) is 45.3. The number of hydrazine groups is 1. The molecule has 9 heteroatoms. The Labute approximate surface area is 237 Å².